The fraction of sp³-hybridized carbons (Fsp3) is 0.609. The number of allylic oxidation sites excluding steroid dienone is 24. The zero-order chi connectivity index (χ0) is 54.3. The predicted octanol–water partition coefficient (Wildman–Crippen LogP) is 20.8. The molecule has 0 heterocycles. The molecule has 0 amide bonds. The van der Waals surface area contributed by atoms with E-state index in [1.807, 2.05) is 0 Å². The maximum Gasteiger partial charge on any atom is 0.306 e. The second kappa shape index (κ2) is 61.8. The topological polar surface area (TPSA) is 78.9 Å². The van der Waals surface area contributed by atoms with Crippen LogP contribution in [0.5, 0.6) is 0 Å². The molecular weight excluding hydrogens is 925 g/mol. The Hall–Kier alpha value is -4.71. The predicted molar refractivity (Wildman–Crippen MR) is 325 cm³/mol. The lowest BCUT2D eigenvalue weighted by atomic mass is 10.1. The fourth-order valence-corrected chi connectivity index (χ4v) is 7.74. The lowest BCUT2D eigenvalue weighted by Crippen LogP contribution is -2.30. The Balaban J connectivity index is 4.37. The van der Waals surface area contributed by atoms with Gasteiger partial charge in [0.1, 0.15) is 13.2 Å². The first-order valence-electron chi connectivity index (χ1n) is 30.3. The van der Waals surface area contributed by atoms with Crippen molar-refractivity contribution in [2.75, 3.05) is 13.2 Å². The number of ether oxygens (including phenoxy) is 3. The number of rotatable bonds is 53. The van der Waals surface area contributed by atoms with E-state index in [0.717, 1.165) is 161 Å². The summed E-state index contributed by atoms with van der Waals surface area (Å²) in [6, 6.07) is 0. The minimum absolute atomic E-state index is 0.103. The largest absolute Gasteiger partial charge is 0.462 e. The Morgan fingerprint density at radius 1 is 0.280 bits per heavy atom. The summed E-state index contributed by atoms with van der Waals surface area (Å²) in [5.74, 6) is -0.966. The molecule has 0 saturated carbocycles. The average Bonchev–Trinajstić information content (AvgIpc) is 3.41. The number of hydrogen-bond acceptors (Lipinski definition) is 6. The van der Waals surface area contributed by atoms with Gasteiger partial charge in [0.2, 0.25) is 0 Å². The molecule has 0 N–H and O–H groups in total. The van der Waals surface area contributed by atoms with Crippen molar-refractivity contribution >= 4 is 17.9 Å². The molecule has 6 nitrogen and oxygen atoms in total. The maximum atomic E-state index is 12.8. The highest BCUT2D eigenvalue weighted by molar-refractivity contribution is 5.71. The van der Waals surface area contributed by atoms with Gasteiger partial charge in [0.15, 0.2) is 6.10 Å². The summed E-state index contributed by atoms with van der Waals surface area (Å²) in [4.78, 5) is 38.1. The minimum Gasteiger partial charge on any atom is -0.462 e. The highest BCUT2D eigenvalue weighted by Crippen LogP contribution is 2.13. The van der Waals surface area contributed by atoms with Gasteiger partial charge in [-0.15, -0.1) is 0 Å². The third-order valence-corrected chi connectivity index (χ3v) is 12.3. The highest BCUT2D eigenvalue weighted by atomic mass is 16.6. The molecule has 0 radical (unpaired) electrons. The Morgan fingerprint density at radius 3 is 0.880 bits per heavy atom. The van der Waals surface area contributed by atoms with Gasteiger partial charge in [0, 0.05) is 19.3 Å². The molecule has 0 aromatic carbocycles. The Morgan fingerprint density at radius 2 is 0.533 bits per heavy atom. The molecule has 1 atom stereocenters. The summed E-state index contributed by atoms with van der Waals surface area (Å²) < 4.78 is 16.8. The zero-order valence-electron chi connectivity index (χ0n) is 48.3. The van der Waals surface area contributed by atoms with E-state index in [0.29, 0.717) is 19.3 Å². The summed E-state index contributed by atoms with van der Waals surface area (Å²) in [7, 11) is 0. The van der Waals surface area contributed by atoms with Crippen LogP contribution in [-0.4, -0.2) is 37.2 Å². The van der Waals surface area contributed by atoms with Gasteiger partial charge in [-0.25, -0.2) is 0 Å². The smallest absolute Gasteiger partial charge is 0.306 e. The van der Waals surface area contributed by atoms with E-state index in [4.69, 9.17) is 14.2 Å². The quantitative estimate of drug-likeness (QED) is 0.0261. The maximum absolute atomic E-state index is 12.8. The van der Waals surface area contributed by atoms with Crippen LogP contribution in [0.2, 0.25) is 0 Å². The first-order chi connectivity index (χ1) is 37.0. The van der Waals surface area contributed by atoms with Gasteiger partial charge in [-0.2, -0.15) is 0 Å². The second-order valence-electron chi connectivity index (χ2n) is 19.5. The van der Waals surface area contributed by atoms with E-state index < -0.39 is 6.10 Å². The number of hydrogen-bond donors (Lipinski definition) is 0. The molecule has 0 rings (SSSR count). The standard InChI is InChI=1S/C69H110O6/c1-4-7-10-13-16-19-22-24-26-27-28-29-30-31-32-33-34-35-36-37-38-39-40-41-43-44-47-50-53-56-59-62-68(71)74-65-66(64-73-67(70)61-58-55-52-49-46-21-18-15-12-9-6-3)75-69(72)63-60-57-54-51-48-45-42-25-23-20-17-14-11-8-5-2/h7,10,15-20,24-26,28-29,31-32,34-35,37-38,40-42,44,47,66H,4-6,8-9,11-14,21-23,27,30,33,36,39,43,45-46,48-65H2,1-3H3/b10-7-,18-15-,19-16-,20-17-,26-24-,29-28-,32-31-,35-34-,38-37-,41-40-,42-25-,47-44-. The van der Waals surface area contributed by atoms with Gasteiger partial charge in [-0.3, -0.25) is 14.4 Å². The molecule has 0 aliphatic rings. The van der Waals surface area contributed by atoms with Crippen LogP contribution in [0, 0.1) is 0 Å². The van der Waals surface area contributed by atoms with Crippen molar-refractivity contribution < 1.29 is 28.6 Å². The van der Waals surface area contributed by atoms with Crippen molar-refractivity contribution in [1.29, 1.82) is 0 Å². The molecule has 0 bridgehead atoms. The first kappa shape index (κ1) is 70.3. The number of carbonyl (C=O) groups is 3. The van der Waals surface area contributed by atoms with E-state index in [1.165, 1.54) is 51.4 Å². The number of unbranched alkanes of at least 4 members (excludes halogenated alkanes) is 18. The van der Waals surface area contributed by atoms with E-state index in [2.05, 4.69) is 167 Å². The van der Waals surface area contributed by atoms with Crippen LogP contribution < -0.4 is 0 Å². The van der Waals surface area contributed by atoms with Gasteiger partial charge < -0.3 is 14.2 Å². The molecule has 422 valence electrons. The molecule has 6 heteroatoms. The SMILES string of the molecule is CC/C=C\C/C=C\C/C=C\C/C=C\C/C=C\C/C=C\C/C=C\C/C=C\C/C=C\CCCCCC(=O)OCC(COC(=O)CCCCCCC/C=C\CCCC)OC(=O)CCCCCCC/C=C\C/C=C\CCCCC. The average molecular weight is 1040 g/mol. The van der Waals surface area contributed by atoms with E-state index >= 15 is 0 Å². The van der Waals surface area contributed by atoms with E-state index in [9.17, 15) is 14.4 Å². The summed E-state index contributed by atoms with van der Waals surface area (Å²) in [5.41, 5.74) is 0. The van der Waals surface area contributed by atoms with Gasteiger partial charge >= 0.3 is 17.9 Å². The lowest BCUT2D eigenvalue weighted by molar-refractivity contribution is -0.167. The van der Waals surface area contributed by atoms with Crippen molar-refractivity contribution in [3.05, 3.63) is 146 Å². The first-order valence-corrected chi connectivity index (χ1v) is 30.3. The van der Waals surface area contributed by atoms with Gasteiger partial charge in [-0.1, -0.05) is 237 Å². The van der Waals surface area contributed by atoms with Gasteiger partial charge in [0.25, 0.3) is 0 Å². The van der Waals surface area contributed by atoms with Crippen LogP contribution in [0.4, 0.5) is 0 Å². The van der Waals surface area contributed by atoms with Crippen LogP contribution in [0.1, 0.15) is 252 Å². The number of esters is 3. The monoisotopic (exact) mass is 1030 g/mol. The molecule has 0 saturated heterocycles. The molecule has 1 unspecified atom stereocenters. The molecule has 0 spiro atoms. The highest BCUT2D eigenvalue weighted by Gasteiger charge is 2.19. The third-order valence-electron chi connectivity index (χ3n) is 12.3. The molecule has 0 aromatic rings. The normalized spacial score (nSPS) is 13.2. The lowest BCUT2D eigenvalue weighted by Gasteiger charge is -2.18. The van der Waals surface area contributed by atoms with Crippen LogP contribution in [0.15, 0.2) is 146 Å². The molecule has 75 heavy (non-hydrogen) atoms. The minimum atomic E-state index is -0.808. The van der Waals surface area contributed by atoms with E-state index in [1.54, 1.807) is 0 Å². The van der Waals surface area contributed by atoms with Crippen molar-refractivity contribution in [2.45, 2.75) is 258 Å². The van der Waals surface area contributed by atoms with E-state index in [-0.39, 0.29) is 31.1 Å². The van der Waals surface area contributed by atoms with Gasteiger partial charge in [-0.05, 0) is 141 Å². The van der Waals surface area contributed by atoms with Crippen LogP contribution in [0.25, 0.3) is 0 Å². The van der Waals surface area contributed by atoms with Crippen molar-refractivity contribution in [3.8, 4) is 0 Å². The Labute approximate surface area is 461 Å². The summed E-state index contributed by atoms with van der Waals surface area (Å²) in [5, 5.41) is 0. The van der Waals surface area contributed by atoms with Crippen LogP contribution in [0.3, 0.4) is 0 Å². The van der Waals surface area contributed by atoms with Crippen molar-refractivity contribution in [1.82, 2.24) is 0 Å². The summed E-state index contributed by atoms with van der Waals surface area (Å²) >= 11 is 0. The van der Waals surface area contributed by atoms with Crippen molar-refractivity contribution in [2.24, 2.45) is 0 Å². The molecule has 0 fully saturated rings. The Bertz CT molecular complexity index is 1660. The summed E-state index contributed by atoms with van der Waals surface area (Å²) in [6.07, 6.45) is 88.5. The summed E-state index contributed by atoms with van der Waals surface area (Å²) in [6.45, 7) is 6.40. The number of carbonyl (C=O) groups excluding carboxylic acids is 3. The van der Waals surface area contributed by atoms with Crippen LogP contribution >= 0.6 is 0 Å². The van der Waals surface area contributed by atoms with Crippen molar-refractivity contribution in [3.63, 3.8) is 0 Å². The third kappa shape index (κ3) is 60.0. The van der Waals surface area contributed by atoms with Gasteiger partial charge in [0.05, 0.1) is 0 Å². The molecule has 0 aliphatic carbocycles. The fourth-order valence-electron chi connectivity index (χ4n) is 7.74. The molecule has 0 aliphatic heterocycles. The second-order valence-corrected chi connectivity index (χ2v) is 19.5. The van der Waals surface area contributed by atoms with Crippen LogP contribution in [-0.2, 0) is 28.6 Å². The zero-order valence-corrected chi connectivity index (χ0v) is 48.3. The Kier molecular flexibility index (Phi) is 58.0. The molecule has 0 aromatic heterocycles. The molecular formula is C69H110O6.